The van der Waals surface area contributed by atoms with Crippen LogP contribution in [0.1, 0.15) is 46.0 Å². The van der Waals surface area contributed by atoms with Crippen molar-refractivity contribution in [3.8, 4) is 0 Å². The summed E-state index contributed by atoms with van der Waals surface area (Å²) in [7, 11) is 0. The van der Waals surface area contributed by atoms with Crippen LogP contribution in [0.15, 0.2) is 0 Å². The number of rotatable bonds is 4. The molecule has 1 aliphatic rings. The fourth-order valence-corrected chi connectivity index (χ4v) is 2.28. The van der Waals surface area contributed by atoms with Gasteiger partial charge in [-0.05, 0) is 19.3 Å². The van der Waals surface area contributed by atoms with Gasteiger partial charge in [0.1, 0.15) is 6.10 Å². The molecule has 0 saturated heterocycles. The van der Waals surface area contributed by atoms with Crippen LogP contribution in [0.5, 0.6) is 0 Å². The highest BCUT2D eigenvalue weighted by atomic mass is 16.5. The Morgan fingerprint density at radius 2 is 2.00 bits per heavy atom. The van der Waals surface area contributed by atoms with Crippen LogP contribution in [0.4, 0.5) is 0 Å². The summed E-state index contributed by atoms with van der Waals surface area (Å²) in [5.74, 6) is -1.49. The van der Waals surface area contributed by atoms with Gasteiger partial charge in [-0.3, -0.25) is 9.59 Å². The molecule has 3 atom stereocenters. The molecule has 3 unspecified atom stereocenters. The third-order valence-electron chi connectivity index (χ3n) is 3.36. The number of carboxylic acid groups (broad SMARTS) is 1. The first-order valence-electron chi connectivity index (χ1n) is 5.98. The first-order valence-corrected chi connectivity index (χ1v) is 5.98. The Kier molecular flexibility index (Phi) is 4.77. The third kappa shape index (κ3) is 3.22. The van der Waals surface area contributed by atoms with E-state index in [1.54, 1.807) is 13.8 Å². The van der Waals surface area contributed by atoms with Crippen LogP contribution >= 0.6 is 0 Å². The molecule has 1 aliphatic carbocycles. The van der Waals surface area contributed by atoms with E-state index < -0.39 is 11.9 Å². The number of carbonyl (C=O) groups excluding carboxylic acids is 1. The van der Waals surface area contributed by atoms with E-state index >= 15 is 0 Å². The lowest BCUT2D eigenvalue weighted by molar-refractivity contribution is -0.159. The summed E-state index contributed by atoms with van der Waals surface area (Å²) in [6, 6.07) is 0. The van der Waals surface area contributed by atoms with Crippen molar-refractivity contribution in [3.05, 3.63) is 0 Å². The molecule has 0 heterocycles. The zero-order valence-electron chi connectivity index (χ0n) is 9.94. The van der Waals surface area contributed by atoms with Crippen molar-refractivity contribution < 1.29 is 19.4 Å². The van der Waals surface area contributed by atoms with E-state index in [0.717, 1.165) is 25.7 Å². The molecule has 4 nitrogen and oxygen atoms in total. The first-order chi connectivity index (χ1) is 7.56. The van der Waals surface area contributed by atoms with Crippen molar-refractivity contribution in [1.82, 2.24) is 0 Å². The highest BCUT2D eigenvalue weighted by Crippen LogP contribution is 2.32. The van der Waals surface area contributed by atoms with Crippen molar-refractivity contribution >= 4 is 11.9 Å². The lowest BCUT2D eigenvalue weighted by Gasteiger charge is -2.33. The van der Waals surface area contributed by atoms with Gasteiger partial charge in [-0.15, -0.1) is 0 Å². The van der Waals surface area contributed by atoms with E-state index in [9.17, 15) is 9.59 Å². The zero-order valence-corrected chi connectivity index (χ0v) is 9.94. The van der Waals surface area contributed by atoms with Crippen LogP contribution in [0.2, 0.25) is 0 Å². The van der Waals surface area contributed by atoms with Crippen molar-refractivity contribution in [1.29, 1.82) is 0 Å². The Balaban J connectivity index is 2.63. The number of esters is 1. The van der Waals surface area contributed by atoms with Crippen molar-refractivity contribution in [2.45, 2.75) is 52.1 Å². The normalized spacial score (nSPS) is 27.1. The fraction of sp³-hybridized carbons (Fsp3) is 0.833. The average molecular weight is 228 g/mol. The van der Waals surface area contributed by atoms with Gasteiger partial charge in [0.05, 0.1) is 5.92 Å². The molecule has 16 heavy (non-hydrogen) atoms. The highest BCUT2D eigenvalue weighted by molar-refractivity contribution is 5.71. The second-order valence-corrected chi connectivity index (χ2v) is 4.46. The number of carboxylic acids is 1. The van der Waals surface area contributed by atoms with E-state index in [-0.39, 0.29) is 18.0 Å². The molecule has 0 spiro atoms. The quantitative estimate of drug-likeness (QED) is 0.749. The van der Waals surface area contributed by atoms with Crippen molar-refractivity contribution in [2.75, 3.05) is 0 Å². The van der Waals surface area contributed by atoms with Gasteiger partial charge in [0.2, 0.25) is 0 Å². The summed E-state index contributed by atoms with van der Waals surface area (Å²) in [4.78, 5) is 22.2. The molecule has 4 heteroatoms. The number of hydrogen-bond donors (Lipinski definition) is 1. The van der Waals surface area contributed by atoms with Gasteiger partial charge in [-0.2, -0.15) is 0 Å². The van der Waals surface area contributed by atoms with Crippen LogP contribution in [-0.4, -0.2) is 23.1 Å². The molecule has 0 aromatic rings. The van der Waals surface area contributed by atoms with Crippen molar-refractivity contribution in [3.63, 3.8) is 0 Å². The predicted molar refractivity (Wildman–Crippen MR) is 58.9 cm³/mol. The highest BCUT2D eigenvalue weighted by Gasteiger charge is 2.35. The number of aliphatic carboxylic acids is 1. The van der Waals surface area contributed by atoms with Crippen LogP contribution in [-0.2, 0) is 14.3 Å². The minimum Gasteiger partial charge on any atom is -0.481 e. The second-order valence-electron chi connectivity index (χ2n) is 4.46. The van der Waals surface area contributed by atoms with Crippen LogP contribution in [0.25, 0.3) is 0 Å². The van der Waals surface area contributed by atoms with E-state index in [1.165, 1.54) is 0 Å². The Labute approximate surface area is 96.0 Å². The summed E-state index contributed by atoms with van der Waals surface area (Å²) < 4.78 is 5.32. The molecule has 1 rings (SSSR count). The lowest BCUT2D eigenvalue weighted by atomic mass is 9.78. The van der Waals surface area contributed by atoms with Crippen LogP contribution < -0.4 is 0 Å². The van der Waals surface area contributed by atoms with Gasteiger partial charge < -0.3 is 9.84 Å². The molecule has 0 aromatic heterocycles. The summed E-state index contributed by atoms with van der Waals surface area (Å²) >= 11 is 0. The maximum absolute atomic E-state index is 11.2. The van der Waals surface area contributed by atoms with Gasteiger partial charge in [-0.1, -0.05) is 20.3 Å². The predicted octanol–water partition coefficient (Wildman–Crippen LogP) is 2.22. The molecule has 1 saturated carbocycles. The molecule has 0 aliphatic heterocycles. The van der Waals surface area contributed by atoms with Gasteiger partial charge in [0.15, 0.2) is 0 Å². The Bertz CT molecular complexity index is 262. The first kappa shape index (κ1) is 13.0. The lowest BCUT2D eigenvalue weighted by Crippen LogP contribution is -2.36. The smallest absolute Gasteiger partial charge is 0.306 e. The van der Waals surface area contributed by atoms with Crippen LogP contribution in [0, 0.1) is 11.8 Å². The SMILES string of the molecule is CCC(=O)OC1CCCCC1C(C)C(=O)O. The maximum Gasteiger partial charge on any atom is 0.306 e. The van der Waals surface area contributed by atoms with Gasteiger partial charge in [-0.25, -0.2) is 0 Å². The minimum atomic E-state index is -0.801. The van der Waals surface area contributed by atoms with Gasteiger partial charge in [0.25, 0.3) is 0 Å². The molecule has 1 fully saturated rings. The number of carbonyl (C=O) groups is 2. The topological polar surface area (TPSA) is 63.6 Å². The average Bonchev–Trinajstić information content (AvgIpc) is 2.28. The van der Waals surface area contributed by atoms with E-state index in [2.05, 4.69) is 0 Å². The third-order valence-corrected chi connectivity index (χ3v) is 3.36. The Hall–Kier alpha value is -1.06. The molecule has 0 bridgehead atoms. The van der Waals surface area contributed by atoms with Gasteiger partial charge in [0, 0.05) is 12.3 Å². The molecule has 0 aromatic carbocycles. The Morgan fingerprint density at radius 1 is 1.38 bits per heavy atom. The van der Waals surface area contributed by atoms with Gasteiger partial charge >= 0.3 is 11.9 Å². The second kappa shape index (κ2) is 5.87. The number of ether oxygens (including phenoxy) is 1. The maximum atomic E-state index is 11.2. The largest absolute Gasteiger partial charge is 0.481 e. The summed E-state index contributed by atoms with van der Waals surface area (Å²) in [6.07, 6.45) is 3.84. The number of hydrogen-bond acceptors (Lipinski definition) is 3. The molecule has 0 radical (unpaired) electrons. The summed E-state index contributed by atoms with van der Waals surface area (Å²) in [5, 5.41) is 9.00. The van der Waals surface area contributed by atoms with Crippen LogP contribution in [0.3, 0.4) is 0 Å². The molecular formula is C12H20O4. The van der Waals surface area contributed by atoms with E-state index in [1.807, 2.05) is 0 Å². The van der Waals surface area contributed by atoms with Crippen molar-refractivity contribution in [2.24, 2.45) is 11.8 Å². The molecular weight excluding hydrogens is 208 g/mol. The van der Waals surface area contributed by atoms with E-state index in [0.29, 0.717) is 6.42 Å². The zero-order chi connectivity index (χ0) is 12.1. The fourth-order valence-electron chi connectivity index (χ4n) is 2.28. The monoisotopic (exact) mass is 228 g/mol. The summed E-state index contributed by atoms with van der Waals surface area (Å²) in [5.41, 5.74) is 0. The standard InChI is InChI=1S/C12H20O4/c1-3-11(13)16-10-7-5-4-6-9(10)8(2)12(14)15/h8-10H,3-7H2,1-2H3,(H,14,15). The van der Waals surface area contributed by atoms with E-state index in [4.69, 9.17) is 9.84 Å². The Morgan fingerprint density at radius 3 is 2.56 bits per heavy atom. The molecule has 0 amide bonds. The molecule has 1 N–H and O–H groups in total. The molecule has 92 valence electrons. The minimum absolute atomic E-state index is 0.0262. The summed E-state index contributed by atoms with van der Waals surface area (Å²) in [6.45, 7) is 3.45.